The van der Waals surface area contributed by atoms with Crippen molar-refractivity contribution in [3.8, 4) is 11.8 Å². The first-order valence-electron chi connectivity index (χ1n) is 5.97. The maximum atomic E-state index is 10.6. The number of nitrogens with zero attached hydrogens (tertiary/aromatic N) is 2. The fraction of sp³-hybridized carbons (Fsp3) is 0.133. The Morgan fingerprint density at radius 3 is 2.50 bits per heavy atom. The van der Waals surface area contributed by atoms with Gasteiger partial charge in [-0.1, -0.05) is 12.1 Å². The summed E-state index contributed by atoms with van der Waals surface area (Å²) in [4.78, 5) is 10.2. The average Bonchev–Trinajstić information content (AvgIpc) is 2.46. The molecule has 0 aliphatic carbocycles. The van der Waals surface area contributed by atoms with Gasteiger partial charge in [0.15, 0.2) is 0 Å². The molecule has 0 saturated carbocycles. The Labute approximate surface area is 116 Å². The van der Waals surface area contributed by atoms with E-state index >= 15 is 0 Å². The molecule has 0 saturated heterocycles. The van der Waals surface area contributed by atoms with Crippen LogP contribution in [0.2, 0.25) is 0 Å². The summed E-state index contributed by atoms with van der Waals surface area (Å²) in [6.45, 7) is 2.12. The number of non-ortho nitro benzene ring substituents is 1. The first-order valence-corrected chi connectivity index (χ1v) is 5.97. The molecule has 0 heterocycles. The van der Waals surface area contributed by atoms with E-state index in [1.165, 1.54) is 12.1 Å². The Kier molecular flexibility index (Phi) is 3.96. The van der Waals surface area contributed by atoms with E-state index in [1.807, 2.05) is 18.2 Å². The third kappa shape index (κ3) is 3.12. The highest BCUT2D eigenvalue weighted by Gasteiger charge is 2.08. The number of nitro benzene ring substituents is 1. The number of aryl methyl sites for hydroxylation is 1. The molecule has 2 rings (SSSR count). The van der Waals surface area contributed by atoms with Crippen LogP contribution in [0, 0.1) is 28.4 Å². The van der Waals surface area contributed by atoms with Gasteiger partial charge < -0.3 is 4.74 Å². The van der Waals surface area contributed by atoms with E-state index in [0.717, 1.165) is 5.56 Å². The van der Waals surface area contributed by atoms with Crippen LogP contribution >= 0.6 is 0 Å². The normalized spacial score (nSPS) is 9.80. The molecular weight excluding hydrogens is 256 g/mol. The minimum Gasteiger partial charge on any atom is -0.489 e. The molecule has 5 nitrogen and oxygen atoms in total. The molecule has 20 heavy (non-hydrogen) atoms. The third-order valence-electron chi connectivity index (χ3n) is 2.85. The van der Waals surface area contributed by atoms with E-state index in [4.69, 9.17) is 10.00 Å². The number of rotatable bonds is 4. The lowest BCUT2D eigenvalue weighted by atomic mass is 10.1. The summed E-state index contributed by atoms with van der Waals surface area (Å²) in [5.41, 5.74) is 2.29. The molecule has 0 amide bonds. The van der Waals surface area contributed by atoms with Crippen LogP contribution in [0.5, 0.6) is 5.75 Å². The van der Waals surface area contributed by atoms with Crippen LogP contribution in [-0.4, -0.2) is 4.92 Å². The Morgan fingerprint density at radius 1 is 1.25 bits per heavy atom. The highest BCUT2D eigenvalue weighted by Crippen LogP contribution is 2.24. The van der Waals surface area contributed by atoms with E-state index in [1.54, 1.807) is 25.1 Å². The number of benzene rings is 2. The van der Waals surface area contributed by atoms with Crippen molar-refractivity contribution in [2.75, 3.05) is 0 Å². The van der Waals surface area contributed by atoms with Gasteiger partial charge >= 0.3 is 0 Å². The van der Waals surface area contributed by atoms with E-state index in [-0.39, 0.29) is 5.69 Å². The van der Waals surface area contributed by atoms with Crippen molar-refractivity contribution in [2.24, 2.45) is 0 Å². The summed E-state index contributed by atoms with van der Waals surface area (Å²) in [6.07, 6.45) is 0. The second-order valence-corrected chi connectivity index (χ2v) is 4.30. The van der Waals surface area contributed by atoms with Crippen LogP contribution in [0.4, 0.5) is 5.69 Å². The van der Waals surface area contributed by atoms with Crippen molar-refractivity contribution >= 4 is 5.69 Å². The van der Waals surface area contributed by atoms with Gasteiger partial charge in [-0.2, -0.15) is 5.26 Å². The first-order chi connectivity index (χ1) is 9.60. The fourth-order valence-electron chi connectivity index (χ4n) is 1.75. The largest absolute Gasteiger partial charge is 0.489 e. The molecule has 0 aliphatic rings. The molecule has 0 N–H and O–H groups in total. The predicted octanol–water partition coefficient (Wildman–Crippen LogP) is 3.35. The number of hydrogen-bond acceptors (Lipinski definition) is 4. The molecule has 2 aromatic rings. The quantitative estimate of drug-likeness (QED) is 0.629. The van der Waals surface area contributed by atoms with Crippen molar-refractivity contribution < 1.29 is 9.66 Å². The molecule has 0 spiro atoms. The Bertz CT molecular complexity index is 673. The second-order valence-electron chi connectivity index (χ2n) is 4.30. The maximum absolute atomic E-state index is 10.6. The van der Waals surface area contributed by atoms with E-state index in [2.05, 4.69) is 0 Å². The van der Waals surface area contributed by atoms with Crippen LogP contribution in [0.1, 0.15) is 16.7 Å². The Morgan fingerprint density at radius 2 is 1.95 bits per heavy atom. The molecule has 0 unspecified atom stereocenters. The molecular formula is C15H12N2O3. The van der Waals surface area contributed by atoms with Crippen LogP contribution in [-0.2, 0) is 6.61 Å². The minimum absolute atomic E-state index is 0.0493. The monoisotopic (exact) mass is 268 g/mol. The van der Waals surface area contributed by atoms with Gasteiger partial charge in [0, 0.05) is 12.1 Å². The van der Waals surface area contributed by atoms with Gasteiger partial charge in [0.2, 0.25) is 0 Å². The molecule has 0 aliphatic heterocycles. The van der Waals surface area contributed by atoms with Gasteiger partial charge in [0.1, 0.15) is 12.4 Å². The highest BCUT2D eigenvalue weighted by molar-refractivity contribution is 5.43. The van der Waals surface area contributed by atoms with Gasteiger partial charge in [-0.05, 0) is 36.2 Å². The van der Waals surface area contributed by atoms with Crippen LogP contribution in [0.25, 0.3) is 0 Å². The molecule has 0 radical (unpaired) electrons. The molecule has 0 fully saturated rings. The number of nitro groups is 1. The SMILES string of the molecule is Cc1cc([N+](=O)[O-])ccc1OCc1ccc(C#N)cc1. The van der Waals surface area contributed by atoms with Gasteiger partial charge in [0.05, 0.1) is 16.6 Å². The van der Waals surface area contributed by atoms with Gasteiger partial charge in [-0.25, -0.2) is 0 Å². The van der Waals surface area contributed by atoms with Gasteiger partial charge in [-0.3, -0.25) is 10.1 Å². The highest BCUT2D eigenvalue weighted by atomic mass is 16.6. The number of ether oxygens (including phenoxy) is 1. The summed E-state index contributed by atoms with van der Waals surface area (Å²) in [6, 6.07) is 13.6. The fourth-order valence-corrected chi connectivity index (χ4v) is 1.75. The molecule has 0 aromatic heterocycles. The number of hydrogen-bond donors (Lipinski definition) is 0. The summed E-state index contributed by atoms with van der Waals surface area (Å²) in [7, 11) is 0. The van der Waals surface area contributed by atoms with Crippen LogP contribution in [0.3, 0.4) is 0 Å². The molecule has 2 aromatic carbocycles. The Hall–Kier alpha value is -2.87. The number of nitriles is 1. The lowest BCUT2D eigenvalue weighted by molar-refractivity contribution is -0.384. The summed E-state index contributed by atoms with van der Waals surface area (Å²) in [5.74, 6) is 0.611. The summed E-state index contributed by atoms with van der Waals surface area (Å²) < 4.78 is 5.63. The van der Waals surface area contributed by atoms with Crippen molar-refractivity contribution in [3.05, 3.63) is 69.3 Å². The van der Waals surface area contributed by atoms with E-state index in [0.29, 0.717) is 23.5 Å². The Balaban J connectivity index is 2.07. The van der Waals surface area contributed by atoms with Crippen molar-refractivity contribution in [1.29, 1.82) is 5.26 Å². The summed E-state index contributed by atoms with van der Waals surface area (Å²) in [5, 5.41) is 19.3. The van der Waals surface area contributed by atoms with Crippen LogP contribution < -0.4 is 4.74 Å². The van der Waals surface area contributed by atoms with Crippen LogP contribution in [0.15, 0.2) is 42.5 Å². The molecule has 100 valence electrons. The lowest BCUT2D eigenvalue weighted by Crippen LogP contribution is -1.98. The van der Waals surface area contributed by atoms with E-state index in [9.17, 15) is 10.1 Å². The van der Waals surface area contributed by atoms with Crippen molar-refractivity contribution in [2.45, 2.75) is 13.5 Å². The predicted molar refractivity (Wildman–Crippen MR) is 73.3 cm³/mol. The zero-order valence-corrected chi connectivity index (χ0v) is 10.9. The first kappa shape index (κ1) is 13.6. The topological polar surface area (TPSA) is 76.2 Å². The second kappa shape index (κ2) is 5.85. The molecule has 0 atom stereocenters. The van der Waals surface area contributed by atoms with Gasteiger partial charge in [0.25, 0.3) is 5.69 Å². The molecule has 0 bridgehead atoms. The zero-order valence-electron chi connectivity index (χ0n) is 10.9. The smallest absolute Gasteiger partial charge is 0.269 e. The van der Waals surface area contributed by atoms with E-state index < -0.39 is 4.92 Å². The molecule has 5 heteroatoms. The average molecular weight is 268 g/mol. The lowest BCUT2D eigenvalue weighted by Gasteiger charge is -2.09. The van der Waals surface area contributed by atoms with Crippen molar-refractivity contribution in [3.63, 3.8) is 0 Å². The third-order valence-corrected chi connectivity index (χ3v) is 2.85. The van der Waals surface area contributed by atoms with Gasteiger partial charge in [-0.15, -0.1) is 0 Å². The van der Waals surface area contributed by atoms with Crippen molar-refractivity contribution in [1.82, 2.24) is 0 Å². The zero-order chi connectivity index (χ0) is 14.5. The minimum atomic E-state index is -0.433. The maximum Gasteiger partial charge on any atom is 0.269 e. The standard InChI is InChI=1S/C15H12N2O3/c1-11-8-14(17(18)19)6-7-15(11)20-10-13-4-2-12(9-16)3-5-13/h2-8H,10H2,1H3. The summed E-state index contributed by atoms with van der Waals surface area (Å²) >= 11 is 0.